The van der Waals surface area contributed by atoms with Crippen LogP contribution < -0.4 is 16.2 Å². The number of benzene rings is 1. The maximum absolute atomic E-state index is 13.0. The van der Waals surface area contributed by atoms with Gasteiger partial charge in [0.1, 0.15) is 5.69 Å². The number of methoxy groups -OCH3 is 1. The summed E-state index contributed by atoms with van der Waals surface area (Å²) >= 11 is 0. The van der Waals surface area contributed by atoms with Crippen LogP contribution in [0, 0.1) is 0 Å². The van der Waals surface area contributed by atoms with Gasteiger partial charge >= 0.3 is 0 Å². The van der Waals surface area contributed by atoms with Crippen LogP contribution in [0.25, 0.3) is 0 Å². The minimum absolute atomic E-state index is 0.0468. The zero-order valence-electron chi connectivity index (χ0n) is 20.7. The second-order valence-corrected chi connectivity index (χ2v) is 8.50. The SMILES string of the molecule is COCc1nn(Cc2ccc(Cn3ccccc3=O)cc2)cc1C(=O)NCc1cnccc1NC(C)=O. The first-order chi connectivity index (χ1) is 17.9. The van der Waals surface area contributed by atoms with Crippen molar-refractivity contribution in [2.45, 2.75) is 33.2 Å². The van der Waals surface area contributed by atoms with Crippen LogP contribution in [-0.4, -0.2) is 38.3 Å². The maximum Gasteiger partial charge on any atom is 0.255 e. The Bertz CT molecular complexity index is 1440. The number of nitrogens with zero attached hydrogens (tertiary/aromatic N) is 4. The van der Waals surface area contributed by atoms with Crippen LogP contribution in [0.3, 0.4) is 0 Å². The van der Waals surface area contributed by atoms with E-state index >= 15 is 0 Å². The van der Waals surface area contributed by atoms with Crippen LogP contribution in [-0.2, 0) is 35.8 Å². The average molecular weight is 501 g/mol. The Morgan fingerprint density at radius 2 is 1.78 bits per heavy atom. The largest absolute Gasteiger partial charge is 0.378 e. The molecule has 3 heterocycles. The van der Waals surface area contributed by atoms with Crippen molar-refractivity contribution >= 4 is 17.5 Å². The van der Waals surface area contributed by atoms with E-state index in [0.29, 0.717) is 35.6 Å². The lowest BCUT2D eigenvalue weighted by atomic mass is 10.1. The molecule has 10 nitrogen and oxygen atoms in total. The Morgan fingerprint density at radius 1 is 1.03 bits per heavy atom. The van der Waals surface area contributed by atoms with Crippen molar-refractivity contribution in [1.82, 2.24) is 24.6 Å². The number of carbonyl (C=O) groups is 2. The summed E-state index contributed by atoms with van der Waals surface area (Å²) in [7, 11) is 1.55. The Labute approximate surface area is 213 Å². The van der Waals surface area contributed by atoms with Crippen molar-refractivity contribution in [3.05, 3.63) is 112 Å². The van der Waals surface area contributed by atoms with Gasteiger partial charge in [-0.1, -0.05) is 30.3 Å². The molecule has 0 aliphatic carbocycles. The van der Waals surface area contributed by atoms with Gasteiger partial charge in [0.25, 0.3) is 11.5 Å². The number of hydrogen-bond donors (Lipinski definition) is 2. The molecular weight excluding hydrogens is 472 g/mol. The quantitative estimate of drug-likeness (QED) is 0.345. The molecule has 10 heteroatoms. The van der Waals surface area contributed by atoms with Gasteiger partial charge in [-0.25, -0.2) is 0 Å². The number of aromatic nitrogens is 4. The molecule has 2 N–H and O–H groups in total. The summed E-state index contributed by atoms with van der Waals surface area (Å²) in [6.45, 7) is 2.75. The maximum atomic E-state index is 13.0. The predicted octanol–water partition coefficient (Wildman–Crippen LogP) is 2.57. The highest BCUT2D eigenvalue weighted by Gasteiger charge is 2.17. The minimum Gasteiger partial charge on any atom is -0.378 e. The van der Waals surface area contributed by atoms with Crippen LogP contribution in [0.2, 0.25) is 0 Å². The van der Waals surface area contributed by atoms with E-state index in [4.69, 9.17) is 4.74 Å². The fourth-order valence-corrected chi connectivity index (χ4v) is 3.85. The Morgan fingerprint density at radius 3 is 2.49 bits per heavy atom. The first-order valence-corrected chi connectivity index (χ1v) is 11.7. The molecule has 190 valence electrons. The number of ether oxygens (including phenoxy) is 1. The van der Waals surface area contributed by atoms with Crippen LogP contribution in [0.5, 0.6) is 0 Å². The number of nitrogens with one attached hydrogen (secondary N) is 2. The zero-order chi connectivity index (χ0) is 26.2. The number of hydrogen-bond acceptors (Lipinski definition) is 6. The van der Waals surface area contributed by atoms with Crippen LogP contribution in [0.15, 0.2) is 78.1 Å². The van der Waals surface area contributed by atoms with E-state index in [1.807, 2.05) is 30.3 Å². The Hall–Kier alpha value is -4.57. The van der Waals surface area contributed by atoms with Crippen molar-refractivity contribution < 1.29 is 14.3 Å². The third-order valence-electron chi connectivity index (χ3n) is 5.64. The van der Waals surface area contributed by atoms with Gasteiger partial charge in [-0.2, -0.15) is 5.10 Å². The Balaban J connectivity index is 1.44. The fourth-order valence-electron chi connectivity index (χ4n) is 3.85. The lowest BCUT2D eigenvalue weighted by molar-refractivity contribution is -0.114. The predicted molar refractivity (Wildman–Crippen MR) is 138 cm³/mol. The first kappa shape index (κ1) is 25.5. The molecule has 3 aromatic heterocycles. The summed E-state index contributed by atoms with van der Waals surface area (Å²) in [5.74, 6) is -0.510. The molecule has 0 aliphatic heterocycles. The molecule has 1 aromatic carbocycles. The molecule has 0 bridgehead atoms. The third-order valence-corrected chi connectivity index (χ3v) is 5.64. The van der Waals surface area contributed by atoms with Crippen molar-refractivity contribution in [3.8, 4) is 0 Å². The van der Waals surface area contributed by atoms with E-state index in [9.17, 15) is 14.4 Å². The van der Waals surface area contributed by atoms with Gasteiger partial charge < -0.3 is 19.9 Å². The lowest BCUT2D eigenvalue weighted by Gasteiger charge is -2.10. The minimum atomic E-state index is -0.306. The van der Waals surface area contributed by atoms with E-state index in [0.717, 1.165) is 11.1 Å². The van der Waals surface area contributed by atoms with Gasteiger partial charge in [0, 0.05) is 62.7 Å². The van der Waals surface area contributed by atoms with E-state index in [1.54, 1.807) is 53.3 Å². The van der Waals surface area contributed by atoms with Gasteiger partial charge in [-0.3, -0.25) is 24.0 Å². The number of pyridine rings is 2. The molecule has 0 atom stereocenters. The molecule has 37 heavy (non-hydrogen) atoms. The zero-order valence-corrected chi connectivity index (χ0v) is 20.7. The lowest BCUT2D eigenvalue weighted by Crippen LogP contribution is -2.24. The standard InChI is InChI=1S/C27H28N6O4/c1-19(34)30-24-10-11-28-13-22(24)14-29-27(36)23-17-33(31-25(23)18-37-2)16-21-8-6-20(7-9-21)15-32-12-4-3-5-26(32)35/h3-13,17H,14-16,18H2,1-2H3,(H,29,36)(H,28,30,34). The summed E-state index contributed by atoms with van der Waals surface area (Å²) in [5.41, 5.74) is 4.17. The second kappa shape index (κ2) is 11.9. The summed E-state index contributed by atoms with van der Waals surface area (Å²) in [6, 6.07) is 14.7. The molecule has 0 saturated carbocycles. The molecule has 2 amide bonds. The van der Waals surface area contributed by atoms with E-state index in [2.05, 4.69) is 20.7 Å². The van der Waals surface area contributed by atoms with Gasteiger partial charge in [-0.15, -0.1) is 0 Å². The molecule has 0 saturated heterocycles. The number of amides is 2. The van der Waals surface area contributed by atoms with Gasteiger partial charge in [0.05, 0.1) is 25.3 Å². The van der Waals surface area contributed by atoms with Crippen molar-refractivity contribution in [1.29, 1.82) is 0 Å². The van der Waals surface area contributed by atoms with Crippen LogP contribution >= 0.6 is 0 Å². The van der Waals surface area contributed by atoms with Crippen LogP contribution in [0.4, 0.5) is 5.69 Å². The summed E-state index contributed by atoms with van der Waals surface area (Å²) < 4.78 is 8.60. The third kappa shape index (κ3) is 6.77. The van der Waals surface area contributed by atoms with E-state index < -0.39 is 0 Å². The number of carbonyl (C=O) groups excluding carboxylic acids is 2. The molecular formula is C27H28N6O4. The molecule has 0 fully saturated rings. The molecule has 4 rings (SSSR count). The highest BCUT2D eigenvalue weighted by Crippen LogP contribution is 2.15. The monoisotopic (exact) mass is 500 g/mol. The second-order valence-electron chi connectivity index (χ2n) is 8.50. The van der Waals surface area contributed by atoms with Crippen molar-refractivity contribution in [2.75, 3.05) is 12.4 Å². The average Bonchev–Trinajstić information content (AvgIpc) is 3.28. The van der Waals surface area contributed by atoms with E-state index in [1.165, 1.54) is 13.0 Å². The molecule has 4 aromatic rings. The van der Waals surface area contributed by atoms with Gasteiger partial charge in [-0.05, 0) is 23.3 Å². The molecule has 0 aliphatic rings. The molecule has 0 spiro atoms. The summed E-state index contributed by atoms with van der Waals surface area (Å²) in [5, 5.41) is 10.2. The Kier molecular flexibility index (Phi) is 8.22. The summed E-state index contributed by atoms with van der Waals surface area (Å²) in [4.78, 5) is 40.5. The normalized spacial score (nSPS) is 10.8. The fraction of sp³-hybridized carbons (Fsp3) is 0.222. The van der Waals surface area contributed by atoms with Gasteiger partial charge in [0.2, 0.25) is 5.91 Å². The van der Waals surface area contributed by atoms with Crippen molar-refractivity contribution in [3.63, 3.8) is 0 Å². The first-order valence-electron chi connectivity index (χ1n) is 11.7. The van der Waals surface area contributed by atoms with Crippen LogP contribution in [0.1, 0.15) is 39.7 Å². The number of rotatable bonds is 10. The topological polar surface area (TPSA) is 120 Å². The highest BCUT2D eigenvalue weighted by molar-refractivity contribution is 5.95. The van der Waals surface area contributed by atoms with E-state index in [-0.39, 0.29) is 30.5 Å². The smallest absolute Gasteiger partial charge is 0.255 e. The van der Waals surface area contributed by atoms with Crippen molar-refractivity contribution in [2.24, 2.45) is 0 Å². The number of anilines is 1. The summed E-state index contributed by atoms with van der Waals surface area (Å²) in [6.07, 6.45) is 6.63. The van der Waals surface area contributed by atoms with Gasteiger partial charge in [0.15, 0.2) is 0 Å². The molecule has 0 radical (unpaired) electrons. The highest BCUT2D eigenvalue weighted by atomic mass is 16.5. The molecule has 0 unspecified atom stereocenters.